The van der Waals surface area contributed by atoms with Gasteiger partial charge in [-0.25, -0.2) is 15.0 Å². The van der Waals surface area contributed by atoms with E-state index >= 15 is 0 Å². The van der Waals surface area contributed by atoms with Gasteiger partial charge in [-0.3, -0.25) is 0 Å². The van der Waals surface area contributed by atoms with Crippen molar-refractivity contribution < 1.29 is 4.42 Å². The first-order valence-electron chi connectivity index (χ1n) is 9.66. The van der Waals surface area contributed by atoms with E-state index in [0.29, 0.717) is 17.5 Å². The average molecular weight is 369 g/mol. The number of oxazole rings is 1. The number of likely N-dealkylation sites (N-methyl/N-ethyl adjacent to an activating group) is 1. The Morgan fingerprint density at radius 3 is 2.96 bits per heavy atom. The predicted octanol–water partition coefficient (Wildman–Crippen LogP) is 2.32. The molecule has 1 aliphatic rings. The van der Waals surface area contributed by atoms with E-state index in [0.717, 1.165) is 56.8 Å². The molecule has 1 saturated heterocycles. The van der Waals surface area contributed by atoms with Crippen LogP contribution < -0.4 is 4.90 Å². The van der Waals surface area contributed by atoms with E-state index < -0.39 is 0 Å². The van der Waals surface area contributed by atoms with E-state index in [1.807, 2.05) is 13.1 Å². The first-order chi connectivity index (χ1) is 13.2. The molecule has 1 aliphatic heterocycles. The Bertz CT molecular complexity index is 900. The summed E-state index contributed by atoms with van der Waals surface area (Å²) in [5.41, 5.74) is 1.34. The Hall–Kier alpha value is -2.48. The maximum atomic E-state index is 5.71. The Morgan fingerprint density at radius 1 is 1.26 bits per heavy atom. The molecule has 4 rings (SSSR count). The number of aryl methyl sites for hydroxylation is 1. The lowest BCUT2D eigenvalue weighted by atomic mass is 9.97. The maximum Gasteiger partial charge on any atom is 0.252 e. The Balaban J connectivity index is 1.57. The van der Waals surface area contributed by atoms with E-state index in [-0.39, 0.29) is 0 Å². The summed E-state index contributed by atoms with van der Waals surface area (Å²) < 4.78 is 8.00. The van der Waals surface area contributed by atoms with Crippen LogP contribution in [0.3, 0.4) is 0 Å². The van der Waals surface area contributed by atoms with Crippen LogP contribution >= 0.6 is 0 Å². The number of aromatic nitrogens is 5. The number of imidazole rings is 1. The number of hydrogen-bond acceptors (Lipinski definition) is 7. The molecule has 1 unspecified atom stereocenters. The SMILES string of the molecule is CCc1nc2c(N3CCCC(c4nccn4CCN(C)C)C3)ncnc2o1. The molecule has 0 amide bonds. The number of piperidine rings is 1. The molecule has 0 spiro atoms. The van der Waals surface area contributed by atoms with Gasteiger partial charge in [-0.15, -0.1) is 0 Å². The van der Waals surface area contributed by atoms with E-state index in [1.54, 1.807) is 6.33 Å². The second-order valence-electron chi connectivity index (χ2n) is 7.38. The highest BCUT2D eigenvalue weighted by molar-refractivity contribution is 5.81. The quantitative estimate of drug-likeness (QED) is 0.660. The number of hydrogen-bond donors (Lipinski definition) is 0. The summed E-state index contributed by atoms with van der Waals surface area (Å²) in [5.74, 6) is 3.14. The topological polar surface area (TPSA) is 76.1 Å². The third kappa shape index (κ3) is 3.66. The van der Waals surface area contributed by atoms with Crippen molar-refractivity contribution in [3.8, 4) is 0 Å². The second kappa shape index (κ2) is 7.64. The third-order valence-corrected chi connectivity index (χ3v) is 5.14. The van der Waals surface area contributed by atoms with Gasteiger partial charge in [0.15, 0.2) is 17.2 Å². The van der Waals surface area contributed by atoms with Crippen molar-refractivity contribution in [1.29, 1.82) is 0 Å². The lowest BCUT2D eigenvalue weighted by molar-refractivity contribution is 0.373. The van der Waals surface area contributed by atoms with E-state index in [2.05, 4.69) is 54.6 Å². The summed E-state index contributed by atoms with van der Waals surface area (Å²) in [6, 6.07) is 0. The van der Waals surface area contributed by atoms with Crippen molar-refractivity contribution in [2.45, 2.75) is 38.6 Å². The van der Waals surface area contributed by atoms with Crippen molar-refractivity contribution in [1.82, 2.24) is 29.4 Å². The largest absolute Gasteiger partial charge is 0.422 e. The normalized spacial score (nSPS) is 17.9. The summed E-state index contributed by atoms with van der Waals surface area (Å²) >= 11 is 0. The van der Waals surface area contributed by atoms with Gasteiger partial charge in [0.1, 0.15) is 12.2 Å². The van der Waals surface area contributed by atoms with Crippen molar-refractivity contribution in [3.05, 3.63) is 30.4 Å². The molecule has 0 aromatic carbocycles. The van der Waals surface area contributed by atoms with Gasteiger partial charge in [0.25, 0.3) is 5.71 Å². The molecule has 3 aromatic heterocycles. The molecule has 8 heteroatoms. The minimum atomic E-state index is 0.387. The van der Waals surface area contributed by atoms with Gasteiger partial charge in [0.2, 0.25) is 0 Å². The van der Waals surface area contributed by atoms with Gasteiger partial charge >= 0.3 is 0 Å². The van der Waals surface area contributed by atoms with Gasteiger partial charge in [0.05, 0.1) is 0 Å². The molecule has 1 atom stereocenters. The standard InChI is InChI=1S/C19H27N7O/c1-4-15-23-16-18(21-13-22-19(16)27-15)26-8-5-6-14(12-26)17-20-7-9-25(17)11-10-24(2)3/h7,9,13-14H,4-6,8,10-12H2,1-3H3. The van der Waals surface area contributed by atoms with Crippen LogP contribution in [0.5, 0.6) is 0 Å². The van der Waals surface area contributed by atoms with Crippen LogP contribution in [0.15, 0.2) is 23.1 Å². The molecule has 0 N–H and O–H groups in total. The van der Waals surface area contributed by atoms with Crippen LogP contribution in [0, 0.1) is 0 Å². The number of nitrogens with zero attached hydrogens (tertiary/aromatic N) is 7. The van der Waals surface area contributed by atoms with Gasteiger partial charge in [-0.2, -0.15) is 4.98 Å². The number of fused-ring (bicyclic) bond motifs is 1. The molecular formula is C19H27N7O. The minimum Gasteiger partial charge on any atom is -0.422 e. The van der Waals surface area contributed by atoms with Gasteiger partial charge < -0.3 is 18.8 Å². The van der Waals surface area contributed by atoms with Crippen LogP contribution in [0.1, 0.15) is 37.4 Å². The first kappa shape index (κ1) is 17.9. The Morgan fingerprint density at radius 2 is 2.15 bits per heavy atom. The average Bonchev–Trinajstić information content (AvgIpc) is 3.32. The van der Waals surface area contributed by atoms with Gasteiger partial charge in [-0.05, 0) is 26.9 Å². The summed E-state index contributed by atoms with van der Waals surface area (Å²) in [6.45, 7) is 5.85. The summed E-state index contributed by atoms with van der Waals surface area (Å²) in [5, 5.41) is 0. The molecule has 4 heterocycles. The molecule has 3 aromatic rings. The molecule has 0 aliphatic carbocycles. The smallest absolute Gasteiger partial charge is 0.252 e. The zero-order valence-electron chi connectivity index (χ0n) is 16.3. The van der Waals surface area contributed by atoms with Crippen molar-refractivity contribution in [2.75, 3.05) is 38.6 Å². The van der Waals surface area contributed by atoms with E-state index in [4.69, 9.17) is 4.42 Å². The highest BCUT2D eigenvalue weighted by Crippen LogP contribution is 2.31. The van der Waals surface area contributed by atoms with E-state index in [9.17, 15) is 0 Å². The van der Waals surface area contributed by atoms with Crippen molar-refractivity contribution in [2.24, 2.45) is 0 Å². The zero-order chi connectivity index (χ0) is 18.8. The highest BCUT2D eigenvalue weighted by atomic mass is 16.4. The molecule has 27 heavy (non-hydrogen) atoms. The summed E-state index contributed by atoms with van der Waals surface area (Å²) in [6.07, 6.45) is 8.58. The summed E-state index contributed by atoms with van der Waals surface area (Å²) in [7, 11) is 4.20. The van der Waals surface area contributed by atoms with Crippen LogP contribution in [0.25, 0.3) is 11.2 Å². The van der Waals surface area contributed by atoms with Crippen LogP contribution in [-0.2, 0) is 13.0 Å². The molecule has 1 fully saturated rings. The Kier molecular flexibility index (Phi) is 5.07. The summed E-state index contributed by atoms with van der Waals surface area (Å²) in [4.78, 5) is 22.6. The number of anilines is 1. The number of rotatable bonds is 6. The van der Waals surface area contributed by atoms with Crippen molar-refractivity contribution in [3.63, 3.8) is 0 Å². The molecule has 8 nitrogen and oxygen atoms in total. The first-order valence-corrected chi connectivity index (χ1v) is 9.66. The fraction of sp³-hybridized carbons (Fsp3) is 0.579. The van der Waals surface area contributed by atoms with Gasteiger partial charge in [-0.1, -0.05) is 6.92 Å². The molecule has 144 valence electrons. The zero-order valence-corrected chi connectivity index (χ0v) is 16.3. The van der Waals surface area contributed by atoms with Crippen molar-refractivity contribution >= 4 is 17.0 Å². The highest BCUT2D eigenvalue weighted by Gasteiger charge is 2.27. The second-order valence-corrected chi connectivity index (χ2v) is 7.38. The monoisotopic (exact) mass is 369 g/mol. The predicted molar refractivity (Wildman–Crippen MR) is 104 cm³/mol. The lowest BCUT2D eigenvalue weighted by Crippen LogP contribution is -2.36. The molecule has 0 saturated carbocycles. The fourth-order valence-corrected chi connectivity index (χ4v) is 3.73. The van der Waals surface area contributed by atoms with Crippen LogP contribution in [0.4, 0.5) is 5.82 Å². The fourth-order valence-electron chi connectivity index (χ4n) is 3.73. The third-order valence-electron chi connectivity index (χ3n) is 5.14. The minimum absolute atomic E-state index is 0.387. The molecule has 0 radical (unpaired) electrons. The lowest BCUT2D eigenvalue weighted by Gasteiger charge is -2.33. The molecular weight excluding hydrogens is 342 g/mol. The maximum absolute atomic E-state index is 5.71. The van der Waals surface area contributed by atoms with E-state index in [1.165, 1.54) is 5.82 Å². The van der Waals surface area contributed by atoms with Crippen LogP contribution in [-0.4, -0.2) is 63.1 Å². The Labute approximate surface area is 159 Å². The van der Waals surface area contributed by atoms with Crippen LogP contribution in [0.2, 0.25) is 0 Å². The molecule has 0 bridgehead atoms. The van der Waals surface area contributed by atoms with Gasteiger partial charge in [0, 0.05) is 50.9 Å².